The fourth-order valence-corrected chi connectivity index (χ4v) is 0.474. The van der Waals surface area contributed by atoms with E-state index in [9.17, 15) is 0 Å². The summed E-state index contributed by atoms with van der Waals surface area (Å²) in [6.45, 7) is 0. The summed E-state index contributed by atoms with van der Waals surface area (Å²) in [6, 6.07) is 6.40. The number of hydrogen-bond acceptors (Lipinski definition) is 4. The van der Waals surface area contributed by atoms with Crippen molar-refractivity contribution >= 4 is 17.3 Å². The maximum Gasteiger partial charge on any atom is 0.335 e. The molecule has 3 N–H and O–H groups in total. The standard InChI is InChI=1S/C6H7NO.O2S/c7-5-1-3-6(8)4-2-5;1-3-2/h1-4,8H,7H2;. The van der Waals surface area contributed by atoms with Crippen molar-refractivity contribution in [2.45, 2.75) is 0 Å². The summed E-state index contributed by atoms with van der Waals surface area (Å²) < 4.78 is 16.6. The molecule has 0 amide bonds. The molecule has 0 atom stereocenters. The van der Waals surface area contributed by atoms with Crippen LogP contribution >= 0.6 is 0 Å². The zero-order valence-corrected chi connectivity index (χ0v) is 6.38. The molecule has 5 heteroatoms. The van der Waals surface area contributed by atoms with Crippen LogP contribution in [0.3, 0.4) is 0 Å². The topological polar surface area (TPSA) is 80.4 Å². The highest BCUT2D eigenvalue weighted by molar-refractivity contribution is 7.51. The van der Waals surface area contributed by atoms with Gasteiger partial charge in [0.05, 0.1) is 0 Å². The van der Waals surface area contributed by atoms with Gasteiger partial charge >= 0.3 is 11.6 Å². The van der Waals surface area contributed by atoms with Crippen LogP contribution in [-0.4, -0.2) is 13.5 Å². The highest BCUT2D eigenvalue weighted by atomic mass is 32.1. The molecule has 0 radical (unpaired) electrons. The van der Waals surface area contributed by atoms with Gasteiger partial charge in [0.25, 0.3) is 0 Å². The van der Waals surface area contributed by atoms with Gasteiger partial charge in [-0.15, -0.1) is 0 Å². The Morgan fingerprint density at radius 3 is 1.82 bits per heavy atom. The van der Waals surface area contributed by atoms with Gasteiger partial charge in [0, 0.05) is 5.69 Å². The van der Waals surface area contributed by atoms with Gasteiger partial charge in [0.2, 0.25) is 0 Å². The predicted molar refractivity (Wildman–Crippen MR) is 41.4 cm³/mol. The first-order valence-electron chi connectivity index (χ1n) is 2.67. The van der Waals surface area contributed by atoms with Crippen molar-refractivity contribution in [2.24, 2.45) is 0 Å². The summed E-state index contributed by atoms with van der Waals surface area (Å²) in [7, 11) is 0. The molecule has 0 saturated carbocycles. The molecule has 1 rings (SSSR count). The number of phenolic OH excluding ortho intramolecular Hbond substituents is 1. The number of nitrogen functional groups attached to an aromatic ring is 1. The number of nitrogens with two attached hydrogens (primary N) is 1. The molecule has 0 saturated heterocycles. The van der Waals surface area contributed by atoms with E-state index in [1.165, 1.54) is 0 Å². The maximum atomic E-state index is 8.70. The molecule has 0 heterocycles. The Bertz CT molecular complexity index is 220. The van der Waals surface area contributed by atoms with E-state index < -0.39 is 11.6 Å². The molecular formula is C6H7NO3S. The lowest BCUT2D eigenvalue weighted by Gasteiger charge is -1.89. The molecule has 0 aliphatic carbocycles. The average Bonchev–Trinajstić information content (AvgIpc) is 1.97. The van der Waals surface area contributed by atoms with Gasteiger partial charge in [-0.1, -0.05) is 0 Å². The van der Waals surface area contributed by atoms with Crippen LogP contribution in [-0.2, 0) is 11.6 Å². The molecule has 1 aromatic carbocycles. The van der Waals surface area contributed by atoms with Crippen LogP contribution in [0.15, 0.2) is 24.3 Å². The van der Waals surface area contributed by atoms with Crippen molar-refractivity contribution < 1.29 is 13.5 Å². The summed E-state index contributed by atoms with van der Waals surface area (Å²) in [5.41, 5.74) is 5.98. The third-order valence-corrected chi connectivity index (χ3v) is 0.893. The quantitative estimate of drug-likeness (QED) is 0.437. The SMILES string of the molecule is Nc1ccc(O)cc1.O=S=O. The smallest absolute Gasteiger partial charge is 0.335 e. The Labute approximate surface area is 67.3 Å². The van der Waals surface area contributed by atoms with E-state index in [2.05, 4.69) is 0 Å². The van der Waals surface area contributed by atoms with Crippen molar-refractivity contribution in [1.82, 2.24) is 0 Å². The number of anilines is 1. The highest BCUT2D eigenvalue weighted by Gasteiger charge is 1.82. The third kappa shape index (κ3) is 5.10. The van der Waals surface area contributed by atoms with Crippen LogP contribution in [0, 0.1) is 0 Å². The van der Waals surface area contributed by atoms with E-state index >= 15 is 0 Å². The zero-order valence-electron chi connectivity index (χ0n) is 5.56. The Morgan fingerprint density at radius 2 is 1.55 bits per heavy atom. The fourth-order valence-electron chi connectivity index (χ4n) is 0.474. The normalized spacial score (nSPS) is 7.64. The first-order chi connectivity index (χ1) is 5.20. The summed E-state index contributed by atoms with van der Waals surface area (Å²) in [4.78, 5) is 0. The molecule has 1 aromatic rings. The van der Waals surface area contributed by atoms with E-state index in [1.54, 1.807) is 24.3 Å². The molecule has 0 bridgehead atoms. The van der Waals surface area contributed by atoms with E-state index in [0.717, 1.165) is 0 Å². The minimum atomic E-state index is -0.750. The van der Waals surface area contributed by atoms with Crippen LogP contribution in [0.4, 0.5) is 5.69 Å². The maximum absolute atomic E-state index is 8.70. The zero-order chi connectivity index (χ0) is 8.69. The average molecular weight is 173 g/mol. The summed E-state index contributed by atoms with van der Waals surface area (Å²) in [5, 5.41) is 8.70. The van der Waals surface area contributed by atoms with Gasteiger partial charge in [0.15, 0.2) is 0 Å². The molecule has 0 unspecified atom stereocenters. The van der Waals surface area contributed by atoms with Crippen LogP contribution < -0.4 is 5.73 Å². The monoisotopic (exact) mass is 173 g/mol. The molecule has 0 aliphatic heterocycles. The lowest BCUT2D eigenvalue weighted by Crippen LogP contribution is -1.80. The minimum Gasteiger partial charge on any atom is -0.508 e. The predicted octanol–water partition coefficient (Wildman–Crippen LogP) is 0.304. The van der Waals surface area contributed by atoms with Crippen molar-refractivity contribution in [3.05, 3.63) is 24.3 Å². The number of phenols is 1. The molecule has 0 fully saturated rings. The third-order valence-electron chi connectivity index (χ3n) is 0.893. The van der Waals surface area contributed by atoms with E-state index in [4.69, 9.17) is 19.3 Å². The summed E-state index contributed by atoms with van der Waals surface area (Å²) in [5.74, 6) is 0.249. The van der Waals surface area contributed by atoms with Gasteiger partial charge in [-0.3, -0.25) is 0 Å². The van der Waals surface area contributed by atoms with Gasteiger partial charge < -0.3 is 10.8 Å². The van der Waals surface area contributed by atoms with Crippen molar-refractivity contribution in [3.63, 3.8) is 0 Å². The Balaban J connectivity index is 0.000000292. The van der Waals surface area contributed by atoms with Crippen LogP contribution in [0.1, 0.15) is 0 Å². The molecule has 60 valence electrons. The van der Waals surface area contributed by atoms with E-state index in [-0.39, 0.29) is 5.75 Å². The van der Waals surface area contributed by atoms with Gasteiger partial charge in [0.1, 0.15) is 5.75 Å². The van der Waals surface area contributed by atoms with Crippen LogP contribution in [0.5, 0.6) is 5.75 Å². The number of aromatic hydroxyl groups is 1. The molecule has 11 heavy (non-hydrogen) atoms. The second-order valence-corrected chi connectivity index (χ2v) is 1.80. The first-order valence-corrected chi connectivity index (χ1v) is 3.33. The highest BCUT2D eigenvalue weighted by Crippen LogP contribution is 2.09. The van der Waals surface area contributed by atoms with E-state index in [1.807, 2.05) is 0 Å². The molecular weight excluding hydrogens is 166 g/mol. The van der Waals surface area contributed by atoms with Gasteiger partial charge in [-0.05, 0) is 24.3 Å². The lowest BCUT2D eigenvalue weighted by molar-refractivity contribution is 0.475. The fraction of sp³-hybridized carbons (Fsp3) is 0. The molecule has 0 spiro atoms. The molecule has 4 nitrogen and oxygen atoms in total. The largest absolute Gasteiger partial charge is 0.508 e. The van der Waals surface area contributed by atoms with E-state index in [0.29, 0.717) is 5.69 Å². The second kappa shape index (κ2) is 5.43. The Morgan fingerprint density at radius 1 is 1.18 bits per heavy atom. The number of benzene rings is 1. The Kier molecular flexibility index (Phi) is 4.76. The first kappa shape index (κ1) is 9.64. The minimum absolute atomic E-state index is 0.249. The Hall–Kier alpha value is -1.36. The number of rotatable bonds is 0. The van der Waals surface area contributed by atoms with Crippen molar-refractivity contribution in [3.8, 4) is 5.75 Å². The van der Waals surface area contributed by atoms with Crippen molar-refractivity contribution in [1.29, 1.82) is 0 Å². The summed E-state index contributed by atoms with van der Waals surface area (Å²) >= 11 is -0.750. The number of hydrogen-bond donors (Lipinski definition) is 2. The van der Waals surface area contributed by atoms with Crippen molar-refractivity contribution in [2.75, 3.05) is 5.73 Å². The molecule has 0 aromatic heterocycles. The van der Waals surface area contributed by atoms with Crippen LogP contribution in [0.2, 0.25) is 0 Å². The second-order valence-electron chi connectivity index (χ2n) is 1.66. The van der Waals surface area contributed by atoms with Gasteiger partial charge in [-0.25, -0.2) is 0 Å². The lowest BCUT2D eigenvalue weighted by atomic mass is 10.3. The van der Waals surface area contributed by atoms with Gasteiger partial charge in [-0.2, -0.15) is 8.42 Å². The van der Waals surface area contributed by atoms with Crippen LogP contribution in [0.25, 0.3) is 0 Å². The summed E-state index contributed by atoms with van der Waals surface area (Å²) in [6.07, 6.45) is 0. The molecule has 0 aliphatic rings.